The highest BCUT2D eigenvalue weighted by Gasteiger charge is 2.43. The van der Waals surface area contributed by atoms with Gasteiger partial charge in [-0.05, 0) is 39.5 Å². The Bertz CT molecular complexity index is 256. The summed E-state index contributed by atoms with van der Waals surface area (Å²) in [5, 5.41) is 0. The van der Waals surface area contributed by atoms with Crippen LogP contribution in [0.4, 0.5) is 0 Å². The van der Waals surface area contributed by atoms with E-state index in [0.717, 1.165) is 12.8 Å². The lowest BCUT2D eigenvalue weighted by molar-refractivity contribution is -0.150. The molecule has 2 heterocycles. The Morgan fingerprint density at radius 3 is 2.50 bits per heavy atom. The Balaban J connectivity index is 2.02. The van der Waals surface area contributed by atoms with Gasteiger partial charge in [-0.2, -0.15) is 0 Å². The number of rotatable bonds is 3. The second-order valence-corrected chi connectivity index (χ2v) is 4.99. The van der Waals surface area contributed by atoms with Gasteiger partial charge in [-0.25, -0.2) is 0 Å². The molecule has 0 aliphatic carbocycles. The normalized spacial score (nSPS) is 36.1. The molecule has 0 aromatic carbocycles. The molecule has 0 spiro atoms. The summed E-state index contributed by atoms with van der Waals surface area (Å²) in [7, 11) is 0. The van der Waals surface area contributed by atoms with E-state index in [1.54, 1.807) is 0 Å². The van der Waals surface area contributed by atoms with Crippen molar-refractivity contribution in [2.75, 3.05) is 6.61 Å². The van der Waals surface area contributed by atoms with Crippen molar-refractivity contribution in [1.82, 2.24) is 4.90 Å². The van der Waals surface area contributed by atoms with Crippen molar-refractivity contribution in [2.45, 2.75) is 63.7 Å². The molecule has 3 unspecified atom stereocenters. The van der Waals surface area contributed by atoms with Crippen LogP contribution < -0.4 is 5.73 Å². The maximum atomic E-state index is 11.7. The molecule has 2 fully saturated rings. The Kier molecular flexibility index (Phi) is 3.50. The molecule has 2 aliphatic rings. The summed E-state index contributed by atoms with van der Waals surface area (Å²) >= 11 is 0. The van der Waals surface area contributed by atoms with Crippen molar-refractivity contribution in [3.8, 4) is 0 Å². The lowest BCUT2D eigenvalue weighted by Crippen LogP contribution is -2.53. The van der Waals surface area contributed by atoms with Crippen LogP contribution in [-0.4, -0.2) is 41.6 Å². The Morgan fingerprint density at radius 1 is 1.44 bits per heavy atom. The number of nitrogens with two attached hydrogens (primary N) is 1. The Labute approximate surface area is 97.1 Å². The van der Waals surface area contributed by atoms with E-state index in [9.17, 15) is 4.79 Å². The number of piperidine rings is 1. The molecule has 4 heteroatoms. The van der Waals surface area contributed by atoms with Crippen LogP contribution in [-0.2, 0) is 9.53 Å². The lowest BCUT2D eigenvalue weighted by Gasteiger charge is -2.40. The first-order valence-electron chi connectivity index (χ1n) is 6.33. The van der Waals surface area contributed by atoms with Gasteiger partial charge in [0.05, 0.1) is 6.61 Å². The van der Waals surface area contributed by atoms with Crippen LogP contribution in [0.25, 0.3) is 0 Å². The highest BCUT2D eigenvalue weighted by Crippen LogP contribution is 2.36. The van der Waals surface area contributed by atoms with Crippen molar-refractivity contribution in [3.05, 3.63) is 0 Å². The Hall–Kier alpha value is -0.610. The topological polar surface area (TPSA) is 55.6 Å². The summed E-state index contributed by atoms with van der Waals surface area (Å²) in [6.07, 6.45) is 4.42. The molecule has 0 aromatic rings. The van der Waals surface area contributed by atoms with E-state index >= 15 is 0 Å². The summed E-state index contributed by atoms with van der Waals surface area (Å²) in [4.78, 5) is 14.1. The van der Waals surface area contributed by atoms with Crippen molar-refractivity contribution < 1.29 is 9.53 Å². The number of hydrogen-bond acceptors (Lipinski definition) is 4. The van der Waals surface area contributed by atoms with Crippen LogP contribution in [0.15, 0.2) is 0 Å². The summed E-state index contributed by atoms with van der Waals surface area (Å²) < 4.78 is 5.10. The molecule has 2 saturated heterocycles. The summed E-state index contributed by atoms with van der Waals surface area (Å²) in [5.74, 6) is -0.0881. The number of fused-ring (bicyclic) bond motifs is 2. The number of carbonyl (C=O) groups is 1. The summed E-state index contributed by atoms with van der Waals surface area (Å²) in [5.41, 5.74) is 6.01. The van der Waals surface area contributed by atoms with E-state index in [-0.39, 0.29) is 12.0 Å². The minimum absolute atomic E-state index is 0.0881. The second kappa shape index (κ2) is 4.72. The summed E-state index contributed by atoms with van der Waals surface area (Å²) in [6, 6.07) is 1.20. The fourth-order valence-corrected chi connectivity index (χ4v) is 3.27. The van der Waals surface area contributed by atoms with Gasteiger partial charge in [0.2, 0.25) is 0 Å². The lowest BCUT2D eigenvalue weighted by atomic mass is 9.96. The maximum Gasteiger partial charge on any atom is 0.323 e. The van der Waals surface area contributed by atoms with Crippen LogP contribution in [0.2, 0.25) is 0 Å². The quantitative estimate of drug-likeness (QED) is 0.726. The molecule has 92 valence electrons. The van der Waals surface area contributed by atoms with Crippen molar-refractivity contribution >= 4 is 5.97 Å². The van der Waals surface area contributed by atoms with Gasteiger partial charge in [-0.1, -0.05) is 0 Å². The average molecular weight is 226 g/mol. The molecule has 3 atom stereocenters. The number of ether oxygens (including phenoxy) is 1. The molecule has 2 N–H and O–H groups in total. The summed E-state index contributed by atoms with van der Waals surface area (Å²) in [6.45, 7) is 4.28. The van der Waals surface area contributed by atoms with Crippen molar-refractivity contribution in [1.29, 1.82) is 0 Å². The third-order valence-electron chi connectivity index (χ3n) is 3.90. The smallest absolute Gasteiger partial charge is 0.323 e. The molecule has 16 heavy (non-hydrogen) atoms. The van der Waals surface area contributed by atoms with E-state index in [1.807, 2.05) is 13.8 Å². The first kappa shape index (κ1) is 11.9. The average Bonchev–Trinajstić information content (AvgIpc) is 2.50. The van der Waals surface area contributed by atoms with Gasteiger partial charge in [0.15, 0.2) is 0 Å². The zero-order valence-corrected chi connectivity index (χ0v) is 10.2. The van der Waals surface area contributed by atoms with Crippen LogP contribution in [0.1, 0.15) is 39.5 Å². The van der Waals surface area contributed by atoms with Crippen LogP contribution in [0, 0.1) is 0 Å². The highest BCUT2D eigenvalue weighted by atomic mass is 16.5. The SMILES string of the molecule is CCOC(=O)C(C)N1C2CCC1CC(N)C2. The van der Waals surface area contributed by atoms with E-state index in [4.69, 9.17) is 10.5 Å². The first-order valence-corrected chi connectivity index (χ1v) is 6.33. The standard InChI is InChI=1S/C12H22N2O2/c1-3-16-12(15)8(2)14-10-4-5-11(14)7-9(13)6-10/h8-11H,3-7,13H2,1-2H3. The maximum absolute atomic E-state index is 11.7. The van der Waals surface area contributed by atoms with Crippen LogP contribution in [0.3, 0.4) is 0 Å². The number of esters is 1. The van der Waals surface area contributed by atoms with Gasteiger partial charge in [-0.15, -0.1) is 0 Å². The van der Waals surface area contributed by atoms with Gasteiger partial charge >= 0.3 is 5.97 Å². The van der Waals surface area contributed by atoms with Gasteiger partial charge in [0.1, 0.15) is 6.04 Å². The van der Waals surface area contributed by atoms with Crippen molar-refractivity contribution in [3.63, 3.8) is 0 Å². The third-order valence-corrected chi connectivity index (χ3v) is 3.90. The zero-order chi connectivity index (χ0) is 11.7. The molecule has 0 amide bonds. The number of carbonyl (C=O) groups excluding carboxylic acids is 1. The highest BCUT2D eigenvalue weighted by molar-refractivity contribution is 5.75. The molecule has 0 radical (unpaired) electrons. The monoisotopic (exact) mass is 226 g/mol. The van der Waals surface area contributed by atoms with Gasteiger partial charge in [0.25, 0.3) is 0 Å². The predicted molar refractivity (Wildman–Crippen MR) is 62.0 cm³/mol. The third kappa shape index (κ3) is 2.09. The minimum Gasteiger partial charge on any atom is -0.465 e. The molecule has 2 aliphatic heterocycles. The van der Waals surface area contributed by atoms with E-state index in [0.29, 0.717) is 24.7 Å². The van der Waals surface area contributed by atoms with Crippen LogP contribution in [0.5, 0.6) is 0 Å². The van der Waals surface area contributed by atoms with Gasteiger partial charge < -0.3 is 10.5 Å². The fraction of sp³-hybridized carbons (Fsp3) is 0.917. The van der Waals surface area contributed by atoms with E-state index in [2.05, 4.69) is 4.90 Å². The molecule has 4 nitrogen and oxygen atoms in total. The molecule has 0 saturated carbocycles. The minimum atomic E-state index is -0.107. The predicted octanol–water partition coefficient (Wildman–Crippen LogP) is 0.892. The molecular formula is C12H22N2O2. The largest absolute Gasteiger partial charge is 0.465 e. The van der Waals surface area contributed by atoms with Gasteiger partial charge in [-0.3, -0.25) is 9.69 Å². The number of hydrogen-bond donors (Lipinski definition) is 1. The molecule has 0 aromatic heterocycles. The first-order chi connectivity index (χ1) is 7.63. The number of nitrogens with zero attached hydrogens (tertiary/aromatic N) is 1. The molecule has 2 rings (SSSR count). The van der Waals surface area contributed by atoms with E-state index in [1.165, 1.54) is 12.8 Å². The van der Waals surface area contributed by atoms with Gasteiger partial charge in [0, 0.05) is 18.1 Å². The fourth-order valence-electron chi connectivity index (χ4n) is 3.27. The van der Waals surface area contributed by atoms with Crippen LogP contribution >= 0.6 is 0 Å². The van der Waals surface area contributed by atoms with Crippen molar-refractivity contribution in [2.24, 2.45) is 5.73 Å². The Morgan fingerprint density at radius 2 is 2.00 bits per heavy atom. The second-order valence-electron chi connectivity index (χ2n) is 4.99. The molecular weight excluding hydrogens is 204 g/mol. The van der Waals surface area contributed by atoms with E-state index < -0.39 is 0 Å². The molecule has 2 bridgehead atoms. The zero-order valence-electron chi connectivity index (χ0n) is 10.2.